The molecule has 0 bridgehead atoms. The molecule has 3 rings (SSSR count). The van der Waals surface area contributed by atoms with Gasteiger partial charge in [-0.1, -0.05) is 30.3 Å². The summed E-state index contributed by atoms with van der Waals surface area (Å²) in [7, 11) is 3.13. The number of hydrogen-bond donors (Lipinski definition) is 0. The maximum atomic E-state index is 12.4. The van der Waals surface area contributed by atoms with E-state index >= 15 is 0 Å². The summed E-state index contributed by atoms with van der Waals surface area (Å²) in [5.74, 6) is 1.88. The number of benzene rings is 2. The molecule has 0 N–H and O–H groups in total. The van der Waals surface area contributed by atoms with Gasteiger partial charge in [0.15, 0.2) is 23.4 Å². The Morgan fingerprint density at radius 1 is 1.05 bits per heavy atom. The third-order valence-corrected chi connectivity index (χ3v) is 3.59. The normalized spacial score (nSPS) is 16.9. The van der Waals surface area contributed by atoms with Gasteiger partial charge in [-0.05, 0) is 12.1 Å². The van der Waals surface area contributed by atoms with Crippen molar-refractivity contribution in [3.05, 3.63) is 53.6 Å². The SMILES string of the molecule is COc1cccc(C2Oc3ccccc3CC2=O)c1OC. The monoisotopic (exact) mass is 284 g/mol. The van der Waals surface area contributed by atoms with Crippen LogP contribution in [0.1, 0.15) is 17.2 Å². The van der Waals surface area contributed by atoms with Gasteiger partial charge in [-0.3, -0.25) is 4.79 Å². The average Bonchev–Trinajstić information content (AvgIpc) is 2.53. The third kappa shape index (κ3) is 2.33. The summed E-state index contributed by atoms with van der Waals surface area (Å²) in [6.07, 6.45) is -0.300. The smallest absolute Gasteiger partial charge is 0.186 e. The highest BCUT2D eigenvalue weighted by atomic mass is 16.5. The zero-order chi connectivity index (χ0) is 14.8. The Hall–Kier alpha value is -2.49. The van der Waals surface area contributed by atoms with Crippen molar-refractivity contribution in [2.75, 3.05) is 14.2 Å². The molecule has 0 saturated heterocycles. The van der Waals surface area contributed by atoms with Gasteiger partial charge in [-0.2, -0.15) is 0 Å². The summed E-state index contributed by atoms with van der Waals surface area (Å²) < 4.78 is 16.6. The number of ketones is 1. The van der Waals surface area contributed by atoms with Crippen molar-refractivity contribution in [1.29, 1.82) is 0 Å². The fourth-order valence-electron chi connectivity index (χ4n) is 2.59. The van der Waals surface area contributed by atoms with Crippen LogP contribution in [0.3, 0.4) is 0 Å². The van der Waals surface area contributed by atoms with Crippen LogP contribution in [-0.2, 0) is 11.2 Å². The van der Waals surface area contributed by atoms with E-state index in [4.69, 9.17) is 14.2 Å². The quantitative estimate of drug-likeness (QED) is 0.869. The van der Waals surface area contributed by atoms with Crippen LogP contribution in [0, 0.1) is 0 Å². The van der Waals surface area contributed by atoms with Crippen molar-refractivity contribution in [2.45, 2.75) is 12.5 Å². The zero-order valence-electron chi connectivity index (χ0n) is 12.0. The van der Waals surface area contributed by atoms with Crippen molar-refractivity contribution in [2.24, 2.45) is 0 Å². The van der Waals surface area contributed by atoms with Crippen LogP contribution in [0.25, 0.3) is 0 Å². The number of rotatable bonds is 3. The minimum Gasteiger partial charge on any atom is -0.493 e. The average molecular weight is 284 g/mol. The number of hydrogen-bond acceptors (Lipinski definition) is 4. The highest BCUT2D eigenvalue weighted by Crippen LogP contribution is 2.40. The van der Waals surface area contributed by atoms with E-state index < -0.39 is 6.10 Å². The molecule has 1 aliphatic heterocycles. The van der Waals surface area contributed by atoms with Crippen LogP contribution in [-0.4, -0.2) is 20.0 Å². The van der Waals surface area contributed by atoms with Gasteiger partial charge in [0.25, 0.3) is 0 Å². The molecule has 21 heavy (non-hydrogen) atoms. The molecule has 0 saturated carbocycles. The molecule has 0 aromatic heterocycles. The molecule has 4 heteroatoms. The van der Waals surface area contributed by atoms with Crippen LogP contribution in [0.2, 0.25) is 0 Å². The first-order chi connectivity index (χ1) is 10.2. The first-order valence-electron chi connectivity index (χ1n) is 6.72. The van der Waals surface area contributed by atoms with Crippen molar-refractivity contribution >= 4 is 5.78 Å². The van der Waals surface area contributed by atoms with Gasteiger partial charge in [-0.15, -0.1) is 0 Å². The molecule has 0 amide bonds. The molecule has 1 heterocycles. The summed E-state index contributed by atoms with van der Waals surface area (Å²) in [6.45, 7) is 0. The van der Waals surface area contributed by atoms with Crippen molar-refractivity contribution in [3.63, 3.8) is 0 Å². The molecule has 0 spiro atoms. The second-order valence-corrected chi connectivity index (χ2v) is 4.83. The van der Waals surface area contributed by atoms with E-state index in [1.165, 1.54) is 0 Å². The van der Waals surface area contributed by atoms with Gasteiger partial charge >= 0.3 is 0 Å². The summed E-state index contributed by atoms with van der Waals surface area (Å²) >= 11 is 0. The lowest BCUT2D eigenvalue weighted by Gasteiger charge is -2.26. The minimum atomic E-state index is -0.662. The number of fused-ring (bicyclic) bond motifs is 1. The largest absolute Gasteiger partial charge is 0.493 e. The Balaban J connectivity index is 2.04. The number of Topliss-reactive ketones (excluding diaryl/α,β-unsaturated/α-hetero) is 1. The number of ether oxygens (including phenoxy) is 3. The van der Waals surface area contributed by atoms with Crippen LogP contribution in [0.15, 0.2) is 42.5 Å². The van der Waals surface area contributed by atoms with E-state index in [1.807, 2.05) is 36.4 Å². The van der Waals surface area contributed by atoms with Crippen molar-refractivity contribution < 1.29 is 19.0 Å². The number of carbonyl (C=O) groups excluding carboxylic acids is 1. The Labute approximate surface area is 123 Å². The Morgan fingerprint density at radius 3 is 2.62 bits per heavy atom. The van der Waals surface area contributed by atoms with Gasteiger partial charge in [0.2, 0.25) is 0 Å². The van der Waals surface area contributed by atoms with E-state index in [-0.39, 0.29) is 5.78 Å². The predicted molar refractivity (Wildman–Crippen MR) is 78.1 cm³/mol. The summed E-state index contributed by atoms with van der Waals surface area (Å²) in [6, 6.07) is 13.0. The summed E-state index contributed by atoms with van der Waals surface area (Å²) in [5, 5.41) is 0. The third-order valence-electron chi connectivity index (χ3n) is 3.59. The Morgan fingerprint density at radius 2 is 1.86 bits per heavy atom. The van der Waals surface area contributed by atoms with E-state index in [0.29, 0.717) is 23.5 Å². The van der Waals surface area contributed by atoms with Crippen LogP contribution < -0.4 is 14.2 Å². The molecule has 108 valence electrons. The lowest BCUT2D eigenvalue weighted by atomic mass is 9.95. The Kier molecular flexibility index (Phi) is 3.52. The first-order valence-corrected chi connectivity index (χ1v) is 6.72. The molecule has 2 aromatic carbocycles. The second kappa shape index (κ2) is 5.48. The molecule has 0 radical (unpaired) electrons. The maximum absolute atomic E-state index is 12.4. The standard InChI is InChI=1S/C17H16O4/c1-19-15-9-5-7-12(17(15)20-2)16-13(18)10-11-6-3-4-8-14(11)21-16/h3-9,16H,10H2,1-2H3. The fourth-order valence-corrected chi connectivity index (χ4v) is 2.59. The zero-order valence-corrected chi connectivity index (χ0v) is 12.0. The molecule has 0 aliphatic carbocycles. The van der Waals surface area contributed by atoms with Crippen LogP contribution in [0.5, 0.6) is 17.2 Å². The van der Waals surface area contributed by atoms with Gasteiger partial charge in [0.1, 0.15) is 5.75 Å². The number of methoxy groups -OCH3 is 2. The number of carbonyl (C=O) groups is 1. The molecule has 1 unspecified atom stereocenters. The summed E-state index contributed by atoms with van der Waals surface area (Å²) in [5.41, 5.74) is 1.61. The summed E-state index contributed by atoms with van der Waals surface area (Å²) in [4.78, 5) is 12.4. The minimum absolute atomic E-state index is 0.0141. The van der Waals surface area contributed by atoms with E-state index in [0.717, 1.165) is 11.3 Å². The molecule has 1 atom stereocenters. The van der Waals surface area contributed by atoms with E-state index in [2.05, 4.69) is 0 Å². The van der Waals surface area contributed by atoms with E-state index in [1.54, 1.807) is 20.3 Å². The Bertz CT molecular complexity index is 678. The lowest BCUT2D eigenvalue weighted by Crippen LogP contribution is -2.26. The van der Waals surface area contributed by atoms with Gasteiger partial charge in [0, 0.05) is 17.5 Å². The van der Waals surface area contributed by atoms with Gasteiger partial charge in [-0.25, -0.2) is 0 Å². The van der Waals surface area contributed by atoms with Gasteiger partial charge in [0.05, 0.1) is 14.2 Å². The van der Waals surface area contributed by atoms with Crippen LogP contribution in [0.4, 0.5) is 0 Å². The highest BCUT2D eigenvalue weighted by molar-refractivity contribution is 5.89. The lowest BCUT2D eigenvalue weighted by molar-refractivity contribution is -0.126. The van der Waals surface area contributed by atoms with Crippen LogP contribution >= 0.6 is 0 Å². The maximum Gasteiger partial charge on any atom is 0.186 e. The predicted octanol–water partition coefficient (Wildman–Crippen LogP) is 2.95. The number of para-hydroxylation sites is 2. The first kappa shape index (κ1) is 13.5. The molecular weight excluding hydrogens is 268 g/mol. The fraction of sp³-hybridized carbons (Fsp3) is 0.235. The van der Waals surface area contributed by atoms with Crippen molar-refractivity contribution in [3.8, 4) is 17.2 Å². The topological polar surface area (TPSA) is 44.8 Å². The molecule has 4 nitrogen and oxygen atoms in total. The van der Waals surface area contributed by atoms with Crippen molar-refractivity contribution in [1.82, 2.24) is 0 Å². The molecule has 1 aliphatic rings. The highest BCUT2D eigenvalue weighted by Gasteiger charge is 2.32. The second-order valence-electron chi connectivity index (χ2n) is 4.83. The molecule has 2 aromatic rings. The molecule has 0 fully saturated rings. The molecular formula is C17H16O4. The van der Waals surface area contributed by atoms with E-state index in [9.17, 15) is 4.79 Å². The van der Waals surface area contributed by atoms with Gasteiger partial charge < -0.3 is 14.2 Å².